The summed E-state index contributed by atoms with van der Waals surface area (Å²) in [6, 6.07) is 16.1. The van der Waals surface area contributed by atoms with E-state index in [2.05, 4.69) is 4.98 Å². The van der Waals surface area contributed by atoms with Crippen LogP contribution >= 0.6 is 11.6 Å². The Morgan fingerprint density at radius 1 is 1.12 bits per heavy atom. The predicted octanol–water partition coefficient (Wildman–Crippen LogP) is 5.44. The lowest BCUT2D eigenvalue weighted by Gasteiger charge is -2.13. The molecule has 1 aliphatic rings. The van der Waals surface area contributed by atoms with Crippen molar-refractivity contribution >= 4 is 11.6 Å². The lowest BCUT2D eigenvalue weighted by molar-refractivity contribution is 0.298. The molecule has 0 saturated carbocycles. The van der Waals surface area contributed by atoms with Gasteiger partial charge < -0.3 is 9.47 Å². The number of halogens is 2. The van der Waals surface area contributed by atoms with Gasteiger partial charge in [-0.15, -0.1) is 0 Å². The maximum Gasteiger partial charge on any atom is 0.145 e. The standard InChI is InChI=1S/C21H17ClFNO2/c1-14-2-3-15(19(23)10-14)11-21(13-25-21)20-9-8-18(12-24-20)26-17-6-4-16(22)5-7-17/h2-10,12H,11,13H2,1H3. The molecule has 1 atom stereocenters. The largest absolute Gasteiger partial charge is 0.456 e. The first kappa shape index (κ1) is 17.0. The van der Waals surface area contributed by atoms with E-state index in [1.54, 1.807) is 36.5 Å². The first-order valence-corrected chi connectivity index (χ1v) is 8.71. The van der Waals surface area contributed by atoms with Crippen molar-refractivity contribution in [2.24, 2.45) is 0 Å². The van der Waals surface area contributed by atoms with E-state index in [1.807, 2.05) is 31.2 Å². The van der Waals surface area contributed by atoms with Crippen molar-refractivity contribution in [3.05, 3.63) is 88.5 Å². The van der Waals surface area contributed by atoms with Crippen molar-refractivity contribution in [2.45, 2.75) is 18.9 Å². The van der Waals surface area contributed by atoms with Crippen LogP contribution in [0.25, 0.3) is 0 Å². The molecule has 0 bridgehead atoms. The van der Waals surface area contributed by atoms with Crippen molar-refractivity contribution in [1.29, 1.82) is 0 Å². The van der Waals surface area contributed by atoms with Gasteiger partial charge in [0.15, 0.2) is 0 Å². The Morgan fingerprint density at radius 3 is 2.46 bits per heavy atom. The fraction of sp³-hybridized carbons (Fsp3) is 0.190. The third-order valence-electron chi connectivity index (χ3n) is 4.43. The monoisotopic (exact) mass is 369 g/mol. The molecule has 3 aromatic rings. The smallest absolute Gasteiger partial charge is 0.145 e. The number of ether oxygens (including phenoxy) is 2. The van der Waals surface area contributed by atoms with Crippen LogP contribution in [0.1, 0.15) is 16.8 Å². The molecule has 1 saturated heterocycles. The van der Waals surface area contributed by atoms with Crippen LogP contribution in [0.15, 0.2) is 60.8 Å². The Morgan fingerprint density at radius 2 is 1.85 bits per heavy atom. The molecule has 26 heavy (non-hydrogen) atoms. The molecule has 0 radical (unpaired) electrons. The maximum atomic E-state index is 14.2. The lowest BCUT2D eigenvalue weighted by atomic mass is 9.95. The van der Waals surface area contributed by atoms with Gasteiger partial charge in [-0.3, -0.25) is 4.98 Å². The Kier molecular flexibility index (Phi) is 4.39. The normalized spacial score (nSPS) is 18.6. The van der Waals surface area contributed by atoms with E-state index in [1.165, 1.54) is 0 Å². The molecule has 4 rings (SSSR count). The van der Waals surface area contributed by atoms with Crippen LogP contribution < -0.4 is 4.74 Å². The summed E-state index contributed by atoms with van der Waals surface area (Å²) in [5, 5.41) is 0.655. The number of hydrogen-bond donors (Lipinski definition) is 0. The minimum absolute atomic E-state index is 0.206. The van der Waals surface area contributed by atoms with Gasteiger partial charge >= 0.3 is 0 Å². The van der Waals surface area contributed by atoms with Crippen LogP contribution in [0.3, 0.4) is 0 Å². The van der Waals surface area contributed by atoms with E-state index in [0.717, 1.165) is 11.3 Å². The van der Waals surface area contributed by atoms with Crippen molar-refractivity contribution in [3.8, 4) is 11.5 Å². The molecule has 5 heteroatoms. The van der Waals surface area contributed by atoms with Gasteiger partial charge in [0.1, 0.15) is 22.9 Å². The first-order valence-electron chi connectivity index (χ1n) is 8.33. The molecule has 1 fully saturated rings. The first-order chi connectivity index (χ1) is 12.5. The summed E-state index contributed by atoms with van der Waals surface area (Å²) in [6.45, 7) is 2.40. The highest BCUT2D eigenvalue weighted by atomic mass is 35.5. The number of aryl methyl sites for hydroxylation is 1. The highest BCUT2D eigenvalue weighted by Gasteiger charge is 2.48. The third-order valence-corrected chi connectivity index (χ3v) is 4.68. The van der Waals surface area contributed by atoms with Crippen LogP contribution in [0.4, 0.5) is 4.39 Å². The summed E-state index contributed by atoms with van der Waals surface area (Å²) in [7, 11) is 0. The third kappa shape index (κ3) is 3.57. The van der Waals surface area contributed by atoms with Crippen molar-refractivity contribution in [3.63, 3.8) is 0 Å². The summed E-state index contributed by atoms with van der Waals surface area (Å²) in [6.07, 6.45) is 2.11. The molecule has 0 aliphatic carbocycles. The minimum Gasteiger partial charge on any atom is -0.456 e. The predicted molar refractivity (Wildman–Crippen MR) is 98.2 cm³/mol. The zero-order chi connectivity index (χ0) is 18.1. The number of pyridine rings is 1. The summed E-state index contributed by atoms with van der Waals surface area (Å²) in [4.78, 5) is 4.47. The molecule has 3 nitrogen and oxygen atoms in total. The summed E-state index contributed by atoms with van der Waals surface area (Å²) in [5.74, 6) is 1.10. The SMILES string of the molecule is Cc1ccc(CC2(c3ccc(Oc4ccc(Cl)cc4)cn3)CO2)c(F)c1. The average molecular weight is 370 g/mol. The van der Waals surface area contributed by atoms with Crippen molar-refractivity contribution in [2.75, 3.05) is 6.61 Å². The van der Waals surface area contributed by atoms with Gasteiger partial charge in [-0.1, -0.05) is 23.7 Å². The Hall–Kier alpha value is -2.43. The Balaban J connectivity index is 1.50. The van der Waals surface area contributed by atoms with Crippen LogP contribution in [0, 0.1) is 12.7 Å². The number of epoxide rings is 1. The van der Waals surface area contributed by atoms with E-state index in [-0.39, 0.29) is 5.82 Å². The molecule has 132 valence electrons. The van der Waals surface area contributed by atoms with Gasteiger partial charge in [0.05, 0.1) is 18.5 Å². The molecule has 0 N–H and O–H groups in total. The highest BCUT2D eigenvalue weighted by molar-refractivity contribution is 6.30. The topological polar surface area (TPSA) is 34.6 Å². The van der Waals surface area contributed by atoms with E-state index in [9.17, 15) is 4.39 Å². The van der Waals surface area contributed by atoms with E-state index in [0.29, 0.717) is 35.1 Å². The second-order valence-corrected chi connectivity index (χ2v) is 6.93. The number of hydrogen-bond acceptors (Lipinski definition) is 3. The molecular formula is C21H17ClFNO2. The van der Waals surface area contributed by atoms with Crippen molar-refractivity contribution < 1.29 is 13.9 Å². The molecule has 0 spiro atoms. The van der Waals surface area contributed by atoms with E-state index >= 15 is 0 Å². The van der Waals surface area contributed by atoms with Crippen LogP contribution in [-0.4, -0.2) is 11.6 Å². The number of rotatable bonds is 5. The number of nitrogens with zero attached hydrogens (tertiary/aromatic N) is 1. The minimum atomic E-state index is -0.547. The molecule has 1 unspecified atom stereocenters. The summed E-state index contributed by atoms with van der Waals surface area (Å²) >= 11 is 5.87. The summed E-state index contributed by atoms with van der Waals surface area (Å²) in [5.41, 5.74) is 1.77. The maximum absolute atomic E-state index is 14.2. The highest BCUT2D eigenvalue weighted by Crippen LogP contribution is 2.41. The van der Waals surface area contributed by atoms with Crippen LogP contribution in [-0.2, 0) is 16.8 Å². The lowest BCUT2D eigenvalue weighted by Crippen LogP contribution is -2.15. The van der Waals surface area contributed by atoms with Gasteiger partial charge in [-0.2, -0.15) is 0 Å². The van der Waals surface area contributed by atoms with E-state index in [4.69, 9.17) is 21.1 Å². The van der Waals surface area contributed by atoms with Crippen molar-refractivity contribution in [1.82, 2.24) is 4.98 Å². The van der Waals surface area contributed by atoms with Gasteiger partial charge in [0.2, 0.25) is 0 Å². The van der Waals surface area contributed by atoms with Gasteiger partial charge in [0.25, 0.3) is 0 Å². The average Bonchev–Trinajstić information content (AvgIpc) is 3.41. The molecule has 2 aromatic carbocycles. The number of benzene rings is 2. The molecule has 1 aromatic heterocycles. The quantitative estimate of drug-likeness (QED) is 0.561. The molecule has 2 heterocycles. The molecule has 1 aliphatic heterocycles. The van der Waals surface area contributed by atoms with Gasteiger partial charge in [-0.05, 0) is 60.5 Å². The summed E-state index contributed by atoms with van der Waals surface area (Å²) < 4.78 is 25.6. The van der Waals surface area contributed by atoms with E-state index < -0.39 is 5.60 Å². The van der Waals surface area contributed by atoms with Gasteiger partial charge in [0, 0.05) is 11.4 Å². The zero-order valence-electron chi connectivity index (χ0n) is 14.2. The van der Waals surface area contributed by atoms with Gasteiger partial charge in [-0.25, -0.2) is 4.39 Å². The zero-order valence-corrected chi connectivity index (χ0v) is 15.0. The second kappa shape index (κ2) is 6.71. The Labute approximate surface area is 156 Å². The molecular weight excluding hydrogens is 353 g/mol. The number of aromatic nitrogens is 1. The fourth-order valence-corrected chi connectivity index (χ4v) is 3.01. The van der Waals surface area contributed by atoms with Crippen LogP contribution in [0.2, 0.25) is 5.02 Å². The fourth-order valence-electron chi connectivity index (χ4n) is 2.88. The molecule has 0 amide bonds. The second-order valence-electron chi connectivity index (χ2n) is 6.49. The Bertz CT molecular complexity index is 922. The van der Waals surface area contributed by atoms with Crippen LogP contribution in [0.5, 0.6) is 11.5 Å².